The smallest absolute Gasteiger partial charge is 0.254 e. The summed E-state index contributed by atoms with van der Waals surface area (Å²) >= 11 is 0. The van der Waals surface area contributed by atoms with E-state index in [1.165, 1.54) is 24.8 Å². The van der Waals surface area contributed by atoms with Gasteiger partial charge in [-0.1, -0.05) is 54.8 Å². The first-order chi connectivity index (χ1) is 9.85. The Bertz CT molecular complexity index is 547. The minimum absolute atomic E-state index is 0.129. The summed E-state index contributed by atoms with van der Waals surface area (Å²) in [7, 11) is 0. The summed E-state index contributed by atoms with van der Waals surface area (Å²) in [6.07, 6.45) is 5.75. The second-order valence-electron chi connectivity index (χ2n) is 5.33. The van der Waals surface area contributed by atoms with Crippen LogP contribution in [-0.2, 0) is 16.9 Å². The topological polar surface area (TPSA) is 74.2 Å². The lowest BCUT2D eigenvalue weighted by Crippen LogP contribution is -2.31. The van der Waals surface area contributed by atoms with Crippen LogP contribution in [0.15, 0.2) is 34.9 Å². The number of hydrogen-bond donors (Lipinski definition) is 1. The Balaban J connectivity index is 2.00. The van der Waals surface area contributed by atoms with Crippen LogP contribution in [0.4, 0.5) is 0 Å². The molecule has 0 radical (unpaired) electrons. The van der Waals surface area contributed by atoms with Gasteiger partial charge in [0.1, 0.15) is 6.61 Å². The van der Waals surface area contributed by atoms with E-state index >= 15 is 0 Å². The van der Waals surface area contributed by atoms with Gasteiger partial charge in [-0.05, 0) is 18.4 Å². The number of benzene rings is 1. The molecule has 0 unspecified atom stereocenters. The van der Waals surface area contributed by atoms with Gasteiger partial charge >= 0.3 is 0 Å². The standard InChI is InChI=1S/C15H19N3O2/c16-19-11-13-17-14(18-20-13)15(9-5-2-6-10-15)12-7-3-1-4-8-12/h1,3-4,7-8H,2,5-6,9-11,16H2. The number of hydrogen-bond acceptors (Lipinski definition) is 5. The van der Waals surface area contributed by atoms with Gasteiger partial charge in [-0.25, -0.2) is 5.90 Å². The Morgan fingerprint density at radius 3 is 2.60 bits per heavy atom. The van der Waals surface area contributed by atoms with E-state index in [0.29, 0.717) is 5.89 Å². The molecule has 1 aliphatic rings. The molecule has 2 aromatic rings. The van der Waals surface area contributed by atoms with Crippen LogP contribution in [0.25, 0.3) is 0 Å². The van der Waals surface area contributed by atoms with Crippen molar-refractivity contribution in [3.05, 3.63) is 47.6 Å². The fraction of sp³-hybridized carbons (Fsp3) is 0.467. The van der Waals surface area contributed by atoms with Crippen LogP contribution in [0.1, 0.15) is 49.4 Å². The average Bonchev–Trinajstić information content (AvgIpc) is 2.98. The Kier molecular flexibility index (Phi) is 3.80. The van der Waals surface area contributed by atoms with E-state index in [0.717, 1.165) is 18.7 Å². The van der Waals surface area contributed by atoms with Crippen molar-refractivity contribution in [2.75, 3.05) is 0 Å². The van der Waals surface area contributed by atoms with Crippen molar-refractivity contribution in [2.24, 2.45) is 5.90 Å². The first-order valence-electron chi connectivity index (χ1n) is 7.05. The zero-order chi connectivity index (χ0) is 13.8. The molecule has 1 aliphatic carbocycles. The van der Waals surface area contributed by atoms with Crippen LogP contribution in [0.5, 0.6) is 0 Å². The molecule has 0 bridgehead atoms. The number of nitrogens with zero attached hydrogens (tertiary/aromatic N) is 2. The Morgan fingerprint density at radius 2 is 1.90 bits per heavy atom. The lowest BCUT2D eigenvalue weighted by molar-refractivity contribution is 0.0995. The van der Waals surface area contributed by atoms with E-state index in [4.69, 9.17) is 10.4 Å². The van der Waals surface area contributed by atoms with Crippen LogP contribution < -0.4 is 5.90 Å². The van der Waals surface area contributed by atoms with Crippen molar-refractivity contribution in [3.63, 3.8) is 0 Å². The van der Waals surface area contributed by atoms with Crippen molar-refractivity contribution in [3.8, 4) is 0 Å². The average molecular weight is 273 g/mol. The summed E-state index contributed by atoms with van der Waals surface area (Å²) in [5.74, 6) is 6.26. The van der Waals surface area contributed by atoms with Gasteiger partial charge in [0, 0.05) is 0 Å². The molecule has 1 aromatic carbocycles. The summed E-state index contributed by atoms with van der Waals surface area (Å²) in [6, 6.07) is 10.5. The molecule has 0 amide bonds. The first kappa shape index (κ1) is 13.3. The van der Waals surface area contributed by atoms with E-state index in [1.54, 1.807) is 0 Å². The fourth-order valence-corrected chi connectivity index (χ4v) is 3.13. The van der Waals surface area contributed by atoms with Gasteiger partial charge in [-0.3, -0.25) is 4.84 Å². The molecule has 0 saturated heterocycles. The lowest BCUT2D eigenvalue weighted by atomic mass is 9.69. The predicted octanol–water partition coefficient (Wildman–Crippen LogP) is 2.71. The van der Waals surface area contributed by atoms with Gasteiger partial charge in [-0.2, -0.15) is 4.98 Å². The third-order valence-corrected chi connectivity index (χ3v) is 4.14. The molecule has 2 N–H and O–H groups in total. The van der Waals surface area contributed by atoms with Gasteiger partial charge < -0.3 is 4.52 Å². The molecule has 3 rings (SSSR count). The molecule has 1 aromatic heterocycles. The Morgan fingerprint density at radius 1 is 1.15 bits per heavy atom. The molecular weight excluding hydrogens is 254 g/mol. The van der Waals surface area contributed by atoms with E-state index < -0.39 is 0 Å². The third kappa shape index (κ3) is 2.34. The minimum atomic E-state index is -0.129. The van der Waals surface area contributed by atoms with Gasteiger partial charge in [0.2, 0.25) is 0 Å². The zero-order valence-electron chi connectivity index (χ0n) is 11.4. The molecule has 0 aliphatic heterocycles. The van der Waals surface area contributed by atoms with Gasteiger partial charge in [0.15, 0.2) is 5.82 Å². The van der Waals surface area contributed by atoms with Crippen molar-refractivity contribution in [1.29, 1.82) is 0 Å². The van der Waals surface area contributed by atoms with E-state index in [2.05, 4.69) is 39.2 Å². The van der Waals surface area contributed by atoms with Crippen molar-refractivity contribution >= 4 is 0 Å². The molecule has 5 heteroatoms. The third-order valence-electron chi connectivity index (χ3n) is 4.14. The monoisotopic (exact) mass is 273 g/mol. The lowest BCUT2D eigenvalue weighted by Gasteiger charge is -2.34. The summed E-state index contributed by atoms with van der Waals surface area (Å²) in [6.45, 7) is 0.151. The first-order valence-corrected chi connectivity index (χ1v) is 7.05. The van der Waals surface area contributed by atoms with Crippen LogP contribution in [0, 0.1) is 0 Å². The highest BCUT2D eigenvalue weighted by Crippen LogP contribution is 2.43. The summed E-state index contributed by atoms with van der Waals surface area (Å²) < 4.78 is 5.24. The molecule has 106 valence electrons. The maximum Gasteiger partial charge on any atom is 0.254 e. The van der Waals surface area contributed by atoms with Crippen LogP contribution in [0.2, 0.25) is 0 Å². The summed E-state index contributed by atoms with van der Waals surface area (Å²) in [5.41, 5.74) is 1.14. The molecule has 1 fully saturated rings. The van der Waals surface area contributed by atoms with Crippen molar-refractivity contribution in [1.82, 2.24) is 10.1 Å². The molecule has 0 spiro atoms. The highest BCUT2D eigenvalue weighted by Gasteiger charge is 2.39. The minimum Gasteiger partial charge on any atom is -0.337 e. The Labute approximate surface area is 118 Å². The molecule has 1 heterocycles. The van der Waals surface area contributed by atoms with E-state index in [1.807, 2.05) is 6.07 Å². The van der Waals surface area contributed by atoms with E-state index in [9.17, 15) is 0 Å². The molecular formula is C15H19N3O2. The molecule has 0 atom stereocenters. The highest BCUT2D eigenvalue weighted by atomic mass is 16.6. The number of rotatable bonds is 4. The number of aromatic nitrogens is 2. The molecule has 5 nitrogen and oxygen atoms in total. The summed E-state index contributed by atoms with van der Waals surface area (Å²) in [5, 5.41) is 4.19. The summed E-state index contributed by atoms with van der Waals surface area (Å²) in [4.78, 5) is 9.06. The maximum absolute atomic E-state index is 5.24. The second kappa shape index (κ2) is 5.73. The van der Waals surface area contributed by atoms with Gasteiger partial charge in [0.25, 0.3) is 5.89 Å². The normalized spacial score (nSPS) is 18.1. The van der Waals surface area contributed by atoms with Gasteiger partial charge in [-0.15, -0.1) is 0 Å². The van der Waals surface area contributed by atoms with Crippen molar-refractivity contribution in [2.45, 2.75) is 44.1 Å². The van der Waals surface area contributed by atoms with Crippen LogP contribution >= 0.6 is 0 Å². The fourth-order valence-electron chi connectivity index (χ4n) is 3.13. The quantitative estimate of drug-likeness (QED) is 0.867. The molecule has 1 saturated carbocycles. The second-order valence-corrected chi connectivity index (χ2v) is 5.33. The van der Waals surface area contributed by atoms with Crippen LogP contribution in [-0.4, -0.2) is 10.1 Å². The maximum atomic E-state index is 5.24. The number of nitrogens with two attached hydrogens (primary N) is 1. The van der Waals surface area contributed by atoms with Crippen LogP contribution in [0.3, 0.4) is 0 Å². The Hall–Kier alpha value is -1.72. The SMILES string of the molecule is NOCc1nc(C2(c3ccccc3)CCCCC2)no1. The predicted molar refractivity (Wildman–Crippen MR) is 73.6 cm³/mol. The zero-order valence-corrected chi connectivity index (χ0v) is 11.4. The largest absolute Gasteiger partial charge is 0.337 e. The van der Waals surface area contributed by atoms with Crippen molar-refractivity contribution < 1.29 is 9.36 Å². The van der Waals surface area contributed by atoms with E-state index in [-0.39, 0.29) is 12.0 Å². The van der Waals surface area contributed by atoms with Gasteiger partial charge in [0.05, 0.1) is 5.41 Å². The highest BCUT2D eigenvalue weighted by molar-refractivity contribution is 5.33. The molecule has 20 heavy (non-hydrogen) atoms.